The second kappa shape index (κ2) is 6.96. The highest BCUT2D eigenvalue weighted by Gasteiger charge is 2.46. The Balaban J connectivity index is 1.89. The van der Waals surface area contributed by atoms with Crippen LogP contribution in [0.25, 0.3) is 11.1 Å². The SMILES string of the molecule is CC(C)(C)c1ccc(C2(c3ccccc3)c3ccccc3-c3ccc(Br)cc32)cc1. The molecule has 1 aliphatic carbocycles. The first-order chi connectivity index (χ1) is 14.4. The molecule has 0 aromatic heterocycles. The standard InChI is InChI=1S/C29H25Br/c1-28(2,3)20-13-15-22(16-14-20)29(21-9-5-4-6-10-21)26-12-8-7-11-24(26)25-18-17-23(30)19-27(25)29/h4-19H,1-3H3. The van der Waals surface area contributed by atoms with E-state index in [0.717, 1.165) is 4.47 Å². The van der Waals surface area contributed by atoms with Crippen LogP contribution in [0.5, 0.6) is 0 Å². The molecule has 4 aromatic carbocycles. The third-order valence-electron chi connectivity index (χ3n) is 6.40. The minimum Gasteiger partial charge on any atom is -0.0622 e. The van der Waals surface area contributed by atoms with Crippen molar-refractivity contribution in [2.75, 3.05) is 0 Å². The van der Waals surface area contributed by atoms with Gasteiger partial charge in [-0.25, -0.2) is 0 Å². The van der Waals surface area contributed by atoms with E-state index in [1.807, 2.05) is 0 Å². The normalized spacial score (nSPS) is 17.5. The molecule has 1 aliphatic rings. The third-order valence-corrected chi connectivity index (χ3v) is 6.89. The van der Waals surface area contributed by atoms with Crippen LogP contribution in [-0.2, 0) is 10.8 Å². The summed E-state index contributed by atoms with van der Waals surface area (Å²) in [6, 6.07) is 35.8. The fourth-order valence-electron chi connectivity index (χ4n) is 4.95. The quantitative estimate of drug-likeness (QED) is 0.253. The van der Waals surface area contributed by atoms with Gasteiger partial charge >= 0.3 is 0 Å². The molecule has 0 spiro atoms. The maximum Gasteiger partial charge on any atom is 0.0713 e. The molecule has 0 saturated heterocycles. The highest BCUT2D eigenvalue weighted by atomic mass is 79.9. The summed E-state index contributed by atoms with van der Waals surface area (Å²) in [4.78, 5) is 0. The Labute approximate surface area is 187 Å². The predicted octanol–water partition coefficient (Wildman–Crippen LogP) is 8.11. The molecule has 0 radical (unpaired) electrons. The van der Waals surface area contributed by atoms with Gasteiger partial charge in [-0.05, 0) is 56.5 Å². The van der Waals surface area contributed by atoms with E-state index in [2.05, 4.69) is 134 Å². The molecular formula is C29H25Br. The maximum atomic E-state index is 3.74. The Kier molecular flexibility index (Phi) is 4.48. The highest BCUT2D eigenvalue weighted by Crippen LogP contribution is 2.56. The molecule has 1 atom stereocenters. The number of benzene rings is 4. The van der Waals surface area contributed by atoms with Gasteiger partial charge in [0, 0.05) is 4.47 Å². The lowest BCUT2D eigenvalue weighted by molar-refractivity contribution is 0.589. The van der Waals surface area contributed by atoms with Gasteiger partial charge in [0.2, 0.25) is 0 Å². The topological polar surface area (TPSA) is 0 Å². The zero-order valence-corrected chi connectivity index (χ0v) is 19.2. The lowest BCUT2D eigenvalue weighted by Gasteiger charge is -2.34. The van der Waals surface area contributed by atoms with E-state index in [1.165, 1.54) is 38.9 Å². The Bertz CT molecular complexity index is 1210. The van der Waals surface area contributed by atoms with Gasteiger partial charge in [-0.3, -0.25) is 0 Å². The Hall–Kier alpha value is -2.64. The average Bonchev–Trinajstić information content (AvgIpc) is 3.04. The lowest BCUT2D eigenvalue weighted by Crippen LogP contribution is -2.28. The van der Waals surface area contributed by atoms with Crippen LogP contribution in [0.4, 0.5) is 0 Å². The van der Waals surface area contributed by atoms with Crippen LogP contribution in [0.2, 0.25) is 0 Å². The van der Waals surface area contributed by atoms with Crippen LogP contribution in [-0.4, -0.2) is 0 Å². The fourth-order valence-corrected chi connectivity index (χ4v) is 5.31. The molecule has 0 heterocycles. The summed E-state index contributed by atoms with van der Waals surface area (Å²) in [6.07, 6.45) is 0. The van der Waals surface area contributed by atoms with Crippen LogP contribution in [0.1, 0.15) is 48.6 Å². The minimum absolute atomic E-state index is 0.132. The zero-order valence-electron chi connectivity index (χ0n) is 17.6. The first-order valence-electron chi connectivity index (χ1n) is 10.5. The molecule has 5 rings (SSSR count). The average molecular weight is 453 g/mol. The molecule has 1 unspecified atom stereocenters. The van der Waals surface area contributed by atoms with Gasteiger partial charge in [-0.2, -0.15) is 0 Å². The Morgan fingerprint density at radius 2 is 1.20 bits per heavy atom. The van der Waals surface area contributed by atoms with E-state index < -0.39 is 0 Å². The van der Waals surface area contributed by atoms with Gasteiger partial charge in [0.1, 0.15) is 0 Å². The Morgan fingerprint density at radius 1 is 0.600 bits per heavy atom. The molecule has 0 nitrogen and oxygen atoms in total. The van der Waals surface area contributed by atoms with Crippen LogP contribution in [0, 0.1) is 0 Å². The summed E-state index contributed by atoms with van der Waals surface area (Å²) < 4.78 is 1.11. The number of fused-ring (bicyclic) bond motifs is 3. The molecule has 0 aliphatic heterocycles. The molecule has 0 bridgehead atoms. The molecule has 4 aromatic rings. The summed E-state index contributed by atoms with van der Waals surface area (Å²) in [5, 5.41) is 0. The zero-order chi connectivity index (χ0) is 20.9. The van der Waals surface area contributed by atoms with E-state index in [1.54, 1.807) is 0 Å². The first-order valence-corrected chi connectivity index (χ1v) is 11.3. The molecule has 30 heavy (non-hydrogen) atoms. The van der Waals surface area contributed by atoms with Crippen molar-refractivity contribution in [1.82, 2.24) is 0 Å². The largest absolute Gasteiger partial charge is 0.0713 e. The van der Waals surface area contributed by atoms with Gasteiger partial charge in [-0.1, -0.05) is 122 Å². The van der Waals surface area contributed by atoms with E-state index in [4.69, 9.17) is 0 Å². The van der Waals surface area contributed by atoms with Crippen molar-refractivity contribution in [3.8, 4) is 11.1 Å². The molecule has 0 amide bonds. The van der Waals surface area contributed by atoms with Gasteiger partial charge in [0.05, 0.1) is 5.41 Å². The Morgan fingerprint density at radius 3 is 1.90 bits per heavy atom. The molecule has 0 saturated carbocycles. The summed E-state index contributed by atoms with van der Waals surface area (Å²) >= 11 is 3.74. The van der Waals surface area contributed by atoms with Crippen molar-refractivity contribution in [3.05, 3.63) is 129 Å². The van der Waals surface area contributed by atoms with Crippen molar-refractivity contribution in [2.45, 2.75) is 31.6 Å². The monoisotopic (exact) mass is 452 g/mol. The number of hydrogen-bond acceptors (Lipinski definition) is 0. The lowest BCUT2D eigenvalue weighted by atomic mass is 9.67. The number of hydrogen-bond donors (Lipinski definition) is 0. The molecule has 148 valence electrons. The first kappa shape index (κ1) is 19.3. The van der Waals surface area contributed by atoms with Crippen LogP contribution < -0.4 is 0 Å². The summed E-state index contributed by atoms with van der Waals surface area (Å²) in [5.74, 6) is 0. The van der Waals surface area contributed by atoms with E-state index in [0.29, 0.717) is 0 Å². The van der Waals surface area contributed by atoms with Crippen molar-refractivity contribution in [2.24, 2.45) is 0 Å². The molecular weight excluding hydrogens is 428 g/mol. The van der Waals surface area contributed by atoms with Crippen molar-refractivity contribution in [1.29, 1.82) is 0 Å². The van der Waals surface area contributed by atoms with E-state index in [9.17, 15) is 0 Å². The molecule has 0 fully saturated rings. The van der Waals surface area contributed by atoms with E-state index in [-0.39, 0.29) is 10.8 Å². The van der Waals surface area contributed by atoms with Gasteiger partial charge < -0.3 is 0 Å². The van der Waals surface area contributed by atoms with Gasteiger partial charge in [-0.15, -0.1) is 0 Å². The van der Waals surface area contributed by atoms with Gasteiger partial charge in [0.25, 0.3) is 0 Å². The fraction of sp³-hybridized carbons (Fsp3) is 0.172. The molecule has 0 N–H and O–H groups in total. The summed E-state index contributed by atoms with van der Waals surface area (Å²) in [7, 11) is 0. The van der Waals surface area contributed by atoms with E-state index >= 15 is 0 Å². The smallest absolute Gasteiger partial charge is 0.0622 e. The second-order valence-corrected chi connectivity index (χ2v) is 10.1. The van der Waals surface area contributed by atoms with Crippen LogP contribution in [0.15, 0.2) is 102 Å². The third kappa shape index (κ3) is 2.80. The summed E-state index contributed by atoms with van der Waals surface area (Å²) in [5.41, 5.74) is 9.11. The minimum atomic E-state index is -0.326. The van der Waals surface area contributed by atoms with Crippen molar-refractivity contribution in [3.63, 3.8) is 0 Å². The number of rotatable bonds is 2. The van der Waals surface area contributed by atoms with Crippen LogP contribution in [0.3, 0.4) is 0 Å². The summed E-state index contributed by atoms with van der Waals surface area (Å²) in [6.45, 7) is 6.81. The molecule has 1 heteroatoms. The maximum absolute atomic E-state index is 3.74. The highest BCUT2D eigenvalue weighted by molar-refractivity contribution is 9.10. The predicted molar refractivity (Wildman–Crippen MR) is 130 cm³/mol. The van der Waals surface area contributed by atoms with Gasteiger partial charge in [0.15, 0.2) is 0 Å². The van der Waals surface area contributed by atoms with Crippen molar-refractivity contribution >= 4 is 15.9 Å². The second-order valence-electron chi connectivity index (χ2n) is 9.18. The number of halogens is 1. The van der Waals surface area contributed by atoms with Crippen molar-refractivity contribution < 1.29 is 0 Å². The van der Waals surface area contributed by atoms with Crippen LogP contribution >= 0.6 is 15.9 Å².